The molecule has 0 aromatic carbocycles. The van der Waals surface area contributed by atoms with Gasteiger partial charge in [-0.1, -0.05) is 0 Å². The molecule has 0 amide bonds. The van der Waals surface area contributed by atoms with Crippen LogP contribution in [0.25, 0.3) is 5.65 Å². The van der Waals surface area contributed by atoms with Crippen LogP contribution in [0.5, 0.6) is 0 Å². The van der Waals surface area contributed by atoms with Crippen LogP contribution in [0.1, 0.15) is 24.5 Å². The van der Waals surface area contributed by atoms with Gasteiger partial charge in [0.2, 0.25) is 0 Å². The number of rotatable bonds is 1. The van der Waals surface area contributed by atoms with Crippen LogP contribution in [-0.2, 0) is 0 Å². The molecule has 1 saturated heterocycles. The Kier molecular flexibility index (Phi) is 2.29. The van der Waals surface area contributed by atoms with E-state index in [4.69, 9.17) is 0 Å². The van der Waals surface area contributed by atoms with Gasteiger partial charge in [-0.3, -0.25) is 4.79 Å². The molecule has 3 heterocycles. The molecule has 84 valence electrons. The second-order valence-corrected chi connectivity index (χ2v) is 4.39. The number of aromatic nitrogens is 2. The maximum absolute atomic E-state index is 11.2. The summed E-state index contributed by atoms with van der Waals surface area (Å²) in [5, 5.41) is 3.36. The monoisotopic (exact) mass is 217 g/mol. The predicted molar refractivity (Wildman–Crippen MR) is 62.9 cm³/mol. The molecular weight excluding hydrogens is 202 g/mol. The van der Waals surface area contributed by atoms with E-state index in [9.17, 15) is 4.79 Å². The van der Waals surface area contributed by atoms with Crippen molar-refractivity contribution in [2.45, 2.75) is 18.8 Å². The standard InChI is InChI=1S/C12H15N3O/c16-10-3-6-15-8-11(14-12(15)7-10)9-1-4-13-5-2-9/h3,6-9,13-14H,1-2,4-5H2. The van der Waals surface area contributed by atoms with Crippen LogP contribution in [0.3, 0.4) is 0 Å². The van der Waals surface area contributed by atoms with E-state index in [1.165, 1.54) is 5.69 Å². The van der Waals surface area contributed by atoms with Gasteiger partial charge in [-0.25, -0.2) is 0 Å². The Balaban J connectivity index is 2.00. The van der Waals surface area contributed by atoms with E-state index in [0.29, 0.717) is 5.92 Å². The summed E-state index contributed by atoms with van der Waals surface area (Å²) >= 11 is 0. The second kappa shape index (κ2) is 3.79. The summed E-state index contributed by atoms with van der Waals surface area (Å²) in [6, 6.07) is 3.23. The lowest BCUT2D eigenvalue weighted by Crippen LogP contribution is -2.26. The molecule has 1 aliphatic heterocycles. The van der Waals surface area contributed by atoms with Crippen molar-refractivity contribution in [3.8, 4) is 0 Å². The molecule has 2 aromatic rings. The molecule has 4 nitrogen and oxygen atoms in total. The van der Waals surface area contributed by atoms with Gasteiger partial charge in [-0.15, -0.1) is 0 Å². The summed E-state index contributed by atoms with van der Waals surface area (Å²) in [7, 11) is 0. The molecule has 16 heavy (non-hydrogen) atoms. The number of hydrogen-bond donors (Lipinski definition) is 2. The largest absolute Gasteiger partial charge is 0.343 e. The Hall–Kier alpha value is -1.55. The van der Waals surface area contributed by atoms with Crippen LogP contribution in [0.4, 0.5) is 0 Å². The highest BCUT2D eigenvalue weighted by Crippen LogP contribution is 2.24. The molecule has 0 radical (unpaired) electrons. The third-order valence-electron chi connectivity index (χ3n) is 3.29. The molecule has 0 saturated carbocycles. The van der Waals surface area contributed by atoms with Crippen molar-refractivity contribution < 1.29 is 0 Å². The third kappa shape index (κ3) is 1.65. The zero-order valence-electron chi connectivity index (χ0n) is 9.07. The number of imidazole rings is 1. The van der Waals surface area contributed by atoms with Crippen LogP contribution >= 0.6 is 0 Å². The summed E-state index contributed by atoms with van der Waals surface area (Å²) in [5.74, 6) is 0.594. The molecule has 0 spiro atoms. The summed E-state index contributed by atoms with van der Waals surface area (Å²) in [6.45, 7) is 2.16. The molecular formula is C12H15N3O. The third-order valence-corrected chi connectivity index (χ3v) is 3.29. The first-order chi connectivity index (χ1) is 7.83. The summed E-state index contributed by atoms with van der Waals surface area (Å²) in [5.41, 5.74) is 2.19. The lowest BCUT2D eigenvalue weighted by molar-refractivity contribution is 0.454. The van der Waals surface area contributed by atoms with E-state index in [-0.39, 0.29) is 5.43 Å². The lowest BCUT2D eigenvalue weighted by Gasteiger charge is -2.21. The number of nitrogens with zero attached hydrogens (tertiary/aromatic N) is 1. The van der Waals surface area contributed by atoms with Crippen molar-refractivity contribution in [3.63, 3.8) is 0 Å². The fourth-order valence-electron chi connectivity index (χ4n) is 2.38. The van der Waals surface area contributed by atoms with Crippen molar-refractivity contribution in [1.82, 2.24) is 14.7 Å². The zero-order valence-corrected chi connectivity index (χ0v) is 9.07. The molecule has 2 N–H and O–H groups in total. The Morgan fingerprint density at radius 2 is 2.12 bits per heavy atom. The highest BCUT2D eigenvalue weighted by atomic mass is 16.1. The average molecular weight is 217 g/mol. The summed E-state index contributed by atoms with van der Waals surface area (Å²) in [6.07, 6.45) is 6.25. The minimum Gasteiger partial charge on any atom is -0.343 e. The van der Waals surface area contributed by atoms with Crippen molar-refractivity contribution >= 4 is 5.65 Å². The number of piperidine rings is 1. The Morgan fingerprint density at radius 3 is 2.94 bits per heavy atom. The zero-order chi connectivity index (χ0) is 11.0. The number of H-pyrrole nitrogens is 1. The number of hydrogen-bond acceptors (Lipinski definition) is 2. The van der Waals surface area contributed by atoms with E-state index >= 15 is 0 Å². The van der Waals surface area contributed by atoms with Crippen LogP contribution in [-0.4, -0.2) is 22.5 Å². The van der Waals surface area contributed by atoms with E-state index in [0.717, 1.165) is 31.6 Å². The molecule has 0 atom stereocenters. The van der Waals surface area contributed by atoms with Gasteiger partial charge < -0.3 is 14.7 Å². The Labute approximate surface area is 93.3 Å². The Morgan fingerprint density at radius 1 is 1.31 bits per heavy atom. The quantitative estimate of drug-likeness (QED) is 0.751. The van der Waals surface area contributed by atoms with Crippen molar-refractivity contribution in [1.29, 1.82) is 0 Å². The molecule has 4 heteroatoms. The normalized spacial score (nSPS) is 18.0. The van der Waals surface area contributed by atoms with Gasteiger partial charge in [-0.2, -0.15) is 0 Å². The number of fused-ring (bicyclic) bond motifs is 1. The van der Waals surface area contributed by atoms with E-state index in [1.54, 1.807) is 12.1 Å². The molecule has 0 bridgehead atoms. The highest BCUT2D eigenvalue weighted by molar-refractivity contribution is 5.40. The van der Waals surface area contributed by atoms with Crippen LogP contribution in [0.15, 0.2) is 29.3 Å². The first-order valence-electron chi connectivity index (χ1n) is 5.74. The SMILES string of the molecule is O=c1ccn2cc(C3CCNCC3)[nH]c2c1. The topological polar surface area (TPSA) is 49.3 Å². The minimum absolute atomic E-state index is 0.0544. The summed E-state index contributed by atoms with van der Waals surface area (Å²) < 4.78 is 1.98. The molecule has 3 rings (SSSR count). The maximum atomic E-state index is 11.2. The van der Waals surface area contributed by atoms with E-state index < -0.39 is 0 Å². The lowest BCUT2D eigenvalue weighted by atomic mass is 9.95. The van der Waals surface area contributed by atoms with Crippen LogP contribution < -0.4 is 10.7 Å². The van der Waals surface area contributed by atoms with Gasteiger partial charge in [0.05, 0.1) is 0 Å². The van der Waals surface area contributed by atoms with Gasteiger partial charge in [0.15, 0.2) is 5.43 Å². The predicted octanol–water partition coefficient (Wildman–Crippen LogP) is 1.09. The molecule has 1 aliphatic rings. The van der Waals surface area contributed by atoms with Crippen molar-refractivity contribution in [2.24, 2.45) is 0 Å². The fourth-order valence-corrected chi connectivity index (χ4v) is 2.38. The smallest absolute Gasteiger partial charge is 0.183 e. The van der Waals surface area contributed by atoms with Crippen LogP contribution in [0.2, 0.25) is 0 Å². The first-order valence-corrected chi connectivity index (χ1v) is 5.74. The van der Waals surface area contributed by atoms with Gasteiger partial charge in [0.25, 0.3) is 0 Å². The number of pyridine rings is 1. The molecule has 0 unspecified atom stereocenters. The minimum atomic E-state index is 0.0544. The molecule has 1 fully saturated rings. The number of nitrogens with one attached hydrogen (secondary N) is 2. The Bertz CT molecular complexity index is 549. The maximum Gasteiger partial charge on any atom is 0.183 e. The van der Waals surface area contributed by atoms with Gasteiger partial charge in [-0.05, 0) is 25.9 Å². The average Bonchev–Trinajstić information content (AvgIpc) is 2.73. The van der Waals surface area contributed by atoms with Crippen molar-refractivity contribution in [3.05, 3.63) is 40.4 Å². The van der Waals surface area contributed by atoms with E-state index in [2.05, 4.69) is 16.5 Å². The van der Waals surface area contributed by atoms with E-state index in [1.807, 2.05) is 10.6 Å². The van der Waals surface area contributed by atoms with Gasteiger partial charge in [0, 0.05) is 36.1 Å². The van der Waals surface area contributed by atoms with Crippen LogP contribution in [0, 0.1) is 0 Å². The van der Waals surface area contributed by atoms with Gasteiger partial charge >= 0.3 is 0 Å². The number of aromatic amines is 1. The fraction of sp³-hybridized carbons (Fsp3) is 0.417. The first kappa shape index (κ1) is 9.66. The summed E-state index contributed by atoms with van der Waals surface area (Å²) in [4.78, 5) is 14.6. The second-order valence-electron chi connectivity index (χ2n) is 4.39. The molecule has 2 aromatic heterocycles. The van der Waals surface area contributed by atoms with Crippen molar-refractivity contribution in [2.75, 3.05) is 13.1 Å². The molecule has 0 aliphatic carbocycles. The van der Waals surface area contributed by atoms with Gasteiger partial charge in [0.1, 0.15) is 5.65 Å². The highest BCUT2D eigenvalue weighted by Gasteiger charge is 2.16.